The van der Waals surface area contributed by atoms with Gasteiger partial charge in [-0.25, -0.2) is 4.68 Å². The lowest BCUT2D eigenvalue weighted by Gasteiger charge is -2.05. The van der Waals surface area contributed by atoms with Crippen LogP contribution in [0.15, 0.2) is 5.16 Å². The van der Waals surface area contributed by atoms with E-state index in [1.54, 1.807) is 11.8 Å². The quantitative estimate of drug-likeness (QED) is 0.427. The van der Waals surface area contributed by atoms with Gasteiger partial charge in [0.05, 0.1) is 18.9 Å². The van der Waals surface area contributed by atoms with Crippen molar-refractivity contribution in [2.45, 2.75) is 18.6 Å². The average Bonchev–Trinajstić information content (AvgIpc) is 2.84. The SMILES string of the molecule is CCNC(=O)CSc1nnnn1CCNCCOC. The Morgan fingerprint density at radius 3 is 3.05 bits per heavy atom. The minimum Gasteiger partial charge on any atom is -0.383 e. The van der Waals surface area contributed by atoms with Crippen LogP contribution in [0.4, 0.5) is 0 Å². The number of hydrogen-bond donors (Lipinski definition) is 2. The smallest absolute Gasteiger partial charge is 0.230 e. The number of nitrogens with one attached hydrogen (secondary N) is 2. The first kappa shape index (κ1) is 15.9. The number of thioether (sulfide) groups is 1. The molecule has 8 nitrogen and oxygen atoms in total. The highest BCUT2D eigenvalue weighted by molar-refractivity contribution is 7.99. The minimum atomic E-state index is -0.0136. The van der Waals surface area contributed by atoms with Gasteiger partial charge in [0.25, 0.3) is 0 Å². The topological polar surface area (TPSA) is 94.0 Å². The monoisotopic (exact) mass is 288 g/mol. The van der Waals surface area contributed by atoms with Crippen LogP contribution in [-0.2, 0) is 16.1 Å². The third-order valence-corrected chi connectivity index (χ3v) is 3.15. The fraction of sp³-hybridized carbons (Fsp3) is 0.800. The molecule has 0 unspecified atom stereocenters. The first-order valence-electron chi connectivity index (χ1n) is 6.13. The van der Waals surface area contributed by atoms with E-state index < -0.39 is 0 Å². The second kappa shape index (κ2) is 9.70. The molecule has 1 aromatic heterocycles. The summed E-state index contributed by atoms with van der Waals surface area (Å²) < 4.78 is 6.62. The Labute approximate surface area is 116 Å². The molecule has 0 bridgehead atoms. The number of nitrogens with zero attached hydrogens (tertiary/aromatic N) is 4. The van der Waals surface area contributed by atoms with Gasteiger partial charge in [-0.15, -0.1) is 5.10 Å². The molecule has 108 valence electrons. The molecular formula is C10H20N6O2S. The Morgan fingerprint density at radius 1 is 1.47 bits per heavy atom. The highest BCUT2D eigenvalue weighted by Gasteiger charge is 2.08. The van der Waals surface area contributed by atoms with E-state index in [0.29, 0.717) is 30.6 Å². The Bertz CT molecular complexity index is 373. The predicted octanol–water partition coefficient (Wildman–Crippen LogP) is -0.863. The maximum atomic E-state index is 11.3. The van der Waals surface area contributed by atoms with E-state index in [0.717, 1.165) is 13.1 Å². The summed E-state index contributed by atoms with van der Waals surface area (Å²) in [6, 6.07) is 0. The van der Waals surface area contributed by atoms with Gasteiger partial charge in [-0.2, -0.15) is 0 Å². The van der Waals surface area contributed by atoms with Crippen LogP contribution >= 0.6 is 11.8 Å². The van der Waals surface area contributed by atoms with Gasteiger partial charge in [-0.1, -0.05) is 11.8 Å². The third kappa shape index (κ3) is 6.50. The third-order valence-electron chi connectivity index (χ3n) is 2.19. The molecule has 1 rings (SSSR count). The number of hydrogen-bond acceptors (Lipinski definition) is 7. The summed E-state index contributed by atoms with van der Waals surface area (Å²) in [5.74, 6) is 0.311. The van der Waals surface area contributed by atoms with E-state index in [-0.39, 0.29) is 5.91 Å². The molecule has 0 saturated heterocycles. The Balaban J connectivity index is 2.27. The molecule has 0 spiro atoms. The summed E-state index contributed by atoms with van der Waals surface area (Å²) in [6.45, 7) is 5.40. The summed E-state index contributed by atoms with van der Waals surface area (Å²) in [6.07, 6.45) is 0. The molecule has 0 aliphatic rings. The molecule has 0 radical (unpaired) electrons. The minimum absolute atomic E-state index is 0.0136. The molecule has 2 N–H and O–H groups in total. The van der Waals surface area contributed by atoms with Gasteiger partial charge in [0.2, 0.25) is 11.1 Å². The van der Waals surface area contributed by atoms with Crippen LogP contribution < -0.4 is 10.6 Å². The van der Waals surface area contributed by atoms with Crippen molar-refractivity contribution in [1.82, 2.24) is 30.8 Å². The number of carbonyl (C=O) groups is 1. The van der Waals surface area contributed by atoms with Crippen molar-refractivity contribution in [1.29, 1.82) is 0 Å². The van der Waals surface area contributed by atoms with Gasteiger partial charge in [0, 0.05) is 26.7 Å². The summed E-state index contributed by atoms with van der Waals surface area (Å²) in [5, 5.41) is 18.0. The maximum Gasteiger partial charge on any atom is 0.230 e. The van der Waals surface area contributed by atoms with Gasteiger partial charge < -0.3 is 15.4 Å². The standard InChI is InChI=1S/C10H20N6O2S/c1-3-12-9(17)8-19-10-13-14-15-16(10)6-4-11-5-7-18-2/h11H,3-8H2,1-2H3,(H,12,17). The van der Waals surface area contributed by atoms with Crippen LogP contribution in [-0.4, -0.2) is 65.2 Å². The zero-order valence-corrected chi connectivity index (χ0v) is 12.1. The van der Waals surface area contributed by atoms with E-state index in [9.17, 15) is 4.79 Å². The first-order chi connectivity index (χ1) is 9.27. The van der Waals surface area contributed by atoms with E-state index in [4.69, 9.17) is 4.74 Å². The molecule has 0 saturated carbocycles. The molecule has 19 heavy (non-hydrogen) atoms. The number of aromatic nitrogens is 4. The lowest BCUT2D eigenvalue weighted by atomic mass is 10.6. The normalized spacial score (nSPS) is 10.6. The maximum absolute atomic E-state index is 11.3. The molecule has 9 heteroatoms. The number of rotatable bonds is 10. The molecule has 1 aromatic rings. The summed E-state index contributed by atoms with van der Waals surface area (Å²) in [4.78, 5) is 11.3. The van der Waals surface area contributed by atoms with E-state index in [2.05, 4.69) is 26.2 Å². The zero-order valence-electron chi connectivity index (χ0n) is 11.3. The lowest BCUT2D eigenvalue weighted by molar-refractivity contribution is -0.118. The van der Waals surface area contributed by atoms with Crippen molar-refractivity contribution >= 4 is 17.7 Å². The predicted molar refractivity (Wildman–Crippen MR) is 72.0 cm³/mol. The molecule has 0 aromatic carbocycles. The van der Waals surface area contributed by atoms with Crippen LogP contribution in [0.5, 0.6) is 0 Å². The van der Waals surface area contributed by atoms with E-state index in [1.807, 2.05) is 6.92 Å². The first-order valence-corrected chi connectivity index (χ1v) is 7.11. The molecule has 1 amide bonds. The molecule has 0 atom stereocenters. The van der Waals surface area contributed by atoms with Crippen molar-refractivity contribution in [3.05, 3.63) is 0 Å². The second-order valence-corrected chi connectivity index (χ2v) is 4.61. The van der Waals surface area contributed by atoms with E-state index in [1.165, 1.54) is 11.8 Å². The summed E-state index contributed by atoms with van der Waals surface area (Å²) >= 11 is 1.33. The summed E-state index contributed by atoms with van der Waals surface area (Å²) in [7, 11) is 1.67. The number of methoxy groups -OCH3 is 1. The lowest BCUT2D eigenvalue weighted by Crippen LogP contribution is -2.25. The number of ether oxygens (including phenoxy) is 1. The van der Waals surface area contributed by atoms with Gasteiger partial charge in [-0.3, -0.25) is 4.79 Å². The highest BCUT2D eigenvalue weighted by atomic mass is 32.2. The van der Waals surface area contributed by atoms with Crippen LogP contribution in [0.1, 0.15) is 6.92 Å². The number of amides is 1. The fourth-order valence-electron chi connectivity index (χ4n) is 1.30. The molecule has 1 heterocycles. The van der Waals surface area contributed by atoms with E-state index >= 15 is 0 Å². The number of carbonyl (C=O) groups excluding carboxylic acids is 1. The summed E-state index contributed by atoms with van der Waals surface area (Å²) in [5.41, 5.74) is 0. The average molecular weight is 288 g/mol. The van der Waals surface area contributed by atoms with Crippen molar-refractivity contribution in [2.24, 2.45) is 0 Å². The van der Waals surface area contributed by atoms with Gasteiger partial charge >= 0.3 is 0 Å². The van der Waals surface area contributed by atoms with Gasteiger partial charge in [-0.05, 0) is 17.4 Å². The largest absolute Gasteiger partial charge is 0.383 e. The Morgan fingerprint density at radius 2 is 2.32 bits per heavy atom. The molecular weight excluding hydrogens is 268 g/mol. The molecule has 0 aliphatic heterocycles. The highest BCUT2D eigenvalue weighted by Crippen LogP contribution is 2.12. The van der Waals surface area contributed by atoms with Crippen LogP contribution in [0.2, 0.25) is 0 Å². The van der Waals surface area contributed by atoms with Crippen molar-refractivity contribution < 1.29 is 9.53 Å². The molecule has 0 aliphatic carbocycles. The number of tetrazole rings is 1. The van der Waals surface area contributed by atoms with Gasteiger partial charge in [0.1, 0.15) is 0 Å². The second-order valence-electron chi connectivity index (χ2n) is 3.67. The van der Waals surface area contributed by atoms with Crippen molar-refractivity contribution in [3.8, 4) is 0 Å². The van der Waals surface area contributed by atoms with Crippen molar-refractivity contribution in [3.63, 3.8) is 0 Å². The molecule has 0 fully saturated rings. The zero-order chi connectivity index (χ0) is 13.9. The van der Waals surface area contributed by atoms with Crippen LogP contribution in [0.3, 0.4) is 0 Å². The fourth-order valence-corrected chi connectivity index (χ4v) is 2.04. The van der Waals surface area contributed by atoms with Crippen LogP contribution in [0.25, 0.3) is 0 Å². The Kier molecular flexibility index (Phi) is 8.10. The van der Waals surface area contributed by atoms with Gasteiger partial charge in [0.15, 0.2) is 0 Å². The Hall–Kier alpha value is -1.19. The van der Waals surface area contributed by atoms with Crippen molar-refractivity contribution in [2.75, 3.05) is 39.1 Å². The van der Waals surface area contributed by atoms with Crippen LogP contribution in [0, 0.1) is 0 Å².